The lowest BCUT2D eigenvalue weighted by Gasteiger charge is -2.50. The topological polar surface area (TPSA) is 54.0 Å². The molecule has 2 saturated carbocycles. The molecular weight excluding hydrogens is 619 g/mol. The minimum atomic E-state index is -1.82. The minimum Gasteiger partial charge on any atom is -0.497 e. The third-order valence-electron chi connectivity index (χ3n) is 10.9. The van der Waals surface area contributed by atoms with Crippen molar-refractivity contribution in [2.24, 2.45) is 23.2 Å². The van der Waals surface area contributed by atoms with Crippen molar-refractivity contribution in [1.29, 1.82) is 0 Å². The zero-order valence-electron chi connectivity index (χ0n) is 25.6. The van der Waals surface area contributed by atoms with Crippen molar-refractivity contribution < 1.29 is 23.4 Å². The molecule has 0 spiro atoms. The van der Waals surface area contributed by atoms with Crippen LogP contribution in [-0.4, -0.2) is 43.1 Å². The maximum absolute atomic E-state index is 13.0. The van der Waals surface area contributed by atoms with Crippen LogP contribution in [0.25, 0.3) is 0 Å². The fourth-order valence-electron chi connectivity index (χ4n) is 7.31. The first-order chi connectivity index (χ1) is 18.1. The van der Waals surface area contributed by atoms with Gasteiger partial charge in [0.2, 0.25) is 0 Å². The summed E-state index contributed by atoms with van der Waals surface area (Å²) < 4.78 is 24.8. The Morgan fingerprint density at radius 2 is 1.79 bits per heavy atom. The smallest absolute Gasteiger partial charge is 0.338 e. The van der Waals surface area contributed by atoms with E-state index in [0.717, 1.165) is 11.3 Å². The van der Waals surface area contributed by atoms with Crippen LogP contribution in [0.1, 0.15) is 85.6 Å². The summed E-state index contributed by atoms with van der Waals surface area (Å²) in [5.74, 6) is 2.27. The van der Waals surface area contributed by atoms with Crippen molar-refractivity contribution in [2.45, 2.75) is 127 Å². The standard InChI is InChI=1S/C32H51IO5Si/c1-21(24-16-17-25-26(11-10-18-31(24,25)5)38-39(8,9)30(2,3)4)28(33)27-19-32(6,29(34)37-27)36-20-22-12-14-23(35-7)15-13-22/h12-15,21,24-28H,10-11,16-20H2,1-9H3/t21-,24+,25-,26-,27+,28-,31+,32+/m0/s1. The minimum absolute atomic E-state index is 0.125. The molecule has 0 unspecified atom stereocenters. The maximum Gasteiger partial charge on any atom is 0.338 e. The van der Waals surface area contributed by atoms with Gasteiger partial charge in [0.25, 0.3) is 0 Å². The summed E-state index contributed by atoms with van der Waals surface area (Å²) in [6.45, 7) is 19.0. The average molecular weight is 671 g/mol. The number of methoxy groups -OCH3 is 1. The molecule has 2 aliphatic carbocycles. The van der Waals surface area contributed by atoms with Gasteiger partial charge in [-0.1, -0.05) is 75.8 Å². The Morgan fingerprint density at radius 3 is 2.41 bits per heavy atom. The van der Waals surface area contributed by atoms with E-state index in [1.54, 1.807) is 7.11 Å². The Kier molecular flexibility index (Phi) is 9.28. The Labute approximate surface area is 251 Å². The molecule has 5 nitrogen and oxygen atoms in total. The van der Waals surface area contributed by atoms with Crippen LogP contribution in [0.5, 0.6) is 5.75 Å². The van der Waals surface area contributed by atoms with Crippen LogP contribution in [0.3, 0.4) is 0 Å². The van der Waals surface area contributed by atoms with Gasteiger partial charge in [-0.2, -0.15) is 0 Å². The van der Waals surface area contributed by atoms with Crippen LogP contribution in [0.4, 0.5) is 0 Å². The number of benzene rings is 1. The van der Waals surface area contributed by atoms with Gasteiger partial charge < -0.3 is 18.6 Å². The Morgan fingerprint density at radius 1 is 1.13 bits per heavy atom. The van der Waals surface area contributed by atoms with Crippen molar-refractivity contribution in [3.05, 3.63) is 29.8 Å². The highest BCUT2D eigenvalue weighted by Gasteiger charge is 2.57. The predicted molar refractivity (Wildman–Crippen MR) is 168 cm³/mol. The Balaban J connectivity index is 1.40. The molecule has 3 aliphatic rings. The number of fused-ring (bicyclic) bond motifs is 1. The molecule has 0 N–H and O–H groups in total. The molecule has 4 rings (SSSR count). The monoisotopic (exact) mass is 670 g/mol. The third kappa shape index (κ3) is 6.26. The zero-order valence-corrected chi connectivity index (χ0v) is 28.8. The zero-order chi connectivity index (χ0) is 28.8. The van der Waals surface area contributed by atoms with E-state index in [9.17, 15) is 4.79 Å². The number of hydrogen-bond acceptors (Lipinski definition) is 5. The number of carbonyl (C=O) groups is 1. The van der Waals surface area contributed by atoms with E-state index in [1.807, 2.05) is 31.2 Å². The highest BCUT2D eigenvalue weighted by atomic mass is 127. The first-order valence-corrected chi connectivity index (χ1v) is 19.1. The SMILES string of the molecule is COc1ccc(CO[C@]2(C)C[C@H]([C@@H](I)[C@@H](C)[C@H]3CC[C@H]4[C@@H](O[Si](C)(C)C(C)(C)C)CCC[C@]34C)OC2=O)cc1. The molecule has 39 heavy (non-hydrogen) atoms. The predicted octanol–water partition coefficient (Wildman–Crippen LogP) is 8.33. The fraction of sp³-hybridized carbons (Fsp3) is 0.781. The molecule has 8 atom stereocenters. The molecule has 7 heteroatoms. The van der Waals surface area contributed by atoms with Gasteiger partial charge in [0, 0.05) is 12.5 Å². The second kappa shape index (κ2) is 11.6. The lowest BCUT2D eigenvalue weighted by molar-refractivity contribution is -0.159. The third-order valence-corrected chi connectivity index (χ3v) is 17.3. The van der Waals surface area contributed by atoms with Crippen molar-refractivity contribution in [1.82, 2.24) is 0 Å². The van der Waals surface area contributed by atoms with Crippen LogP contribution in [0.2, 0.25) is 18.1 Å². The molecule has 220 valence electrons. The molecule has 1 saturated heterocycles. The van der Waals surface area contributed by atoms with Crippen molar-refractivity contribution in [2.75, 3.05) is 7.11 Å². The number of ether oxygens (including phenoxy) is 3. The fourth-order valence-corrected chi connectivity index (χ4v) is 9.61. The summed E-state index contributed by atoms with van der Waals surface area (Å²) in [6, 6.07) is 7.79. The van der Waals surface area contributed by atoms with Gasteiger partial charge in [-0.25, -0.2) is 4.79 Å². The van der Waals surface area contributed by atoms with Crippen LogP contribution in [0.15, 0.2) is 24.3 Å². The summed E-state index contributed by atoms with van der Waals surface area (Å²) in [5, 5.41) is 0.230. The van der Waals surface area contributed by atoms with Crippen LogP contribution < -0.4 is 4.74 Å². The lowest BCUT2D eigenvalue weighted by atomic mass is 9.61. The quantitative estimate of drug-likeness (QED) is 0.115. The number of rotatable bonds is 9. The summed E-state index contributed by atoms with van der Waals surface area (Å²) in [5.41, 5.74) is 0.387. The normalized spacial score (nSPS) is 34.9. The van der Waals surface area contributed by atoms with Crippen LogP contribution >= 0.6 is 22.6 Å². The number of cyclic esters (lactones) is 1. The van der Waals surface area contributed by atoms with E-state index in [-0.39, 0.29) is 26.5 Å². The number of alkyl halides is 1. The lowest BCUT2D eigenvalue weighted by Crippen LogP contribution is -2.50. The largest absolute Gasteiger partial charge is 0.497 e. The van der Waals surface area contributed by atoms with E-state index in [4.69, 9.17) is 18.6 Å². The first kappa shape index (κ1) is 31.3. The molecule has 1 aromatic carbocycles. The van der Waals surface area contributed by atoms with Gasteiger partial charge in [0.15, 0.2) is 13.9 Å². The highest BCUT2D eigenvalue weighted by molar-refractivity contribution is 14.1. The summed E-state index contributed by atoms with van der Waals surface area (Å²) in [4.78, 5) is 13.0. The molecule has 1 aromatic rings. The molecule has 0 aromatic heterocycles. The number of carbonyl (C=O) groups excluding carboxylic acids is 1. The van der Waals surface area contributed by atoms with Crippen molar-refractivity contribution >= 4 is 36.9 Å². The van der Waals surface area contributed by atoms with Gasteiger partial charge >= 0.3 is 5.97 Å². The first-order valence-electron chi connectivity index (χ1n) is 14.9. The molecule has 0 bridgehead atoms. The van der Waals surface area contributed by atoms with Crippen LogP contribution in [0, 0.1) is 23.2 Å². The molecular formula is C32H51IO5Si. The second-order valence-corrected chi connectivity index (χ2v) is 20.6. The second-order valence-electron chi connectivity index (χ2n) is 14.4. The number of hydrogen-bond donors (Lipinski definition) is 0. The average Bonchev–Trinajstić information content (AvgIpc) is 3.38. The van der Waals surface area contributed by atoms with Gasteiger partial charge in [-0.15, -0.1) is 0 Å². The van der Waals surface area contributed by atoms with Gasteiger partial charge in [0.1, 0.15) is 11.9 Å². The molecule has 1 aliphatic heterocycles. The number of esters is 1. The highest BCUT2D eigenvalue weighted by Crippen LogP contribution is 2.60. The maximum atomic E-state index is 13.0. The Bertz CT molecular complexity index is 1010. The van der Waals surface area contributed by atoms with Gasteiger partial charge in [0.05, 0.1) is 17.6 Å². The van der Waals surface area contributed by atoms with E-state index < -0.39 is 13.9 Å². The van der Waals surface area contributed by atoms with E-state index in [1.165, 1.54) is 32.1 Å². The molecule has 0 amide bonds. The van der Waals surface area contributed by atoms with Crippen molar-refractivity contribution in [3.63, 3.8) is 0 Å². The van der Waals surface area contributed by atoms with Gasteiger partial charge in [-0.3, -0.25) is 0 Å². The molecule has 3 fully saturated rings. The molecule has 0 radical (unpaired) electrons. The van der Waals surface area contributed by atoms with Crippen LogP contribution in [-0.2, 0) is 25.3 Å². The molecule has 1 heterocycles. The van der Waals surface area contributed by atoms with Gasteiger partial charge in [-0.05, 0) is 91.6 Å². The summed E-state index contributed by atoms with van der Waals surface area (Å²) >= 11 is 2.57. The van der Waals surface area contributed by atoms with E-state index in [2.05, 4.69) is 70.3 Å². The summed E-state index contributed by atoms with van der Waals surface area (Å²) in [6.07, 6.45) is 7.08. The van der Waals surface area contributed by atoms with E-state index >= 15 is 0 Å². The summed E-state index contributed by atoms with van der Waals surface area (Å²) in [7, 11) is -0.160. The van der Waals surface area contributed by atoms with E-state index in [0.29, 0.717) is 36.9 Å². The Hall–Kier alpha value is -0.643. The number of halogens is 1. The van der Waals surface area contributed by atoms with Crippen molar-refractivity contribution in [3.8, 4) is 5.75 Å².